The van der Waals surface area contributed by atoms with Gasteiger partial charge in [-0.1, -0.05) is 17.8 Å². The zero-order valence-corrected chi connectivity index (χ0v) is 34.9. The standard InChI is InChI=1S/C18H13F4N3O.C9H5F3.C9H8FN3O.C3H7.2ClH.Li.Mg.H/c19-16(7-8-16)17(26,11-25-12-24-10-15(25)9-23)6-5-13-1-3-14(4-2-13)18(20,21)22;1-2-7-3-5-8(6-4-7)9(10,11)12;10-9(1-2-9)8(14)5-13-6-12-4-7(13)3-11;1-3-2;;;;;/h1-4,10,12,26H,7-8,11H2;1,3-6H;4,6H,1-2,5H2;3H,1-2H3;2*1H;;;/q;;;-1;;;+1;+2;-1/p-1. The van der Waals surface area contributed by atoms with Gasteiger partial charge in [-0.05, 0) is 74.2 Å². The van der Waals surface area contributed by atoms with Gasteiger partial charge in [-0.15, -0.1) is 18.8 Å². The van der Waals surface area contributed by atoms with Gasteiger partial charge in [0.1, 0.15) is 23.5 Å². The number of aromatic nitrogens is 4. The number of halogens is 10. The number of aliphatic hydroxyl groups is 1. The van der Waals surface area contributed by atoms with Crippen molar-refractivity contribution in [1.29, 1.82) is 10.5 Å². The molecule has 2 fully saturated rings. The van der Waals surface area contributed by atoms with Crippen molar-refractivity contribution in [3.8, 4) is 36.3 Å². The van der Waals surface area contributed by atoms with Gasteiger partial charge in [0.15, 0.2) is 22.7 Å². The number of hydrogen-bond donors (Lipinski definition) is 1. The summed E-state index contributed by atoms with van der Waals surface area (Å²) in [6.45, 7) is 3.60. The first-order valence-electron chi connectivity index (χ1n) is 16.3. The van der Waals surface area contributed by atoms with Crippen LogP contribution >= 0.6 is 12.4 Å². The molecule has 2 aliphatic rings. The molecule has 0 radical (unpaired) electrons. The maximum Gasteiger partial charge on any atom is 2.00 e. The van der Waals surface area contributed by atoms with E-state index in [9.17, 15) is 45.0 Å². The fraction of sp³-hybridized carbons (Fsp3) is 0.333. The van der Waals surface area contributed by atoms with Crippen LogP contribution in [0.2, 0.25) is 0 Å². The van der Waals surface area contributed by atoms with E-state index >= 15 is 0 Å². The van der Waals surface area contributed by atoms with Gasteiger partial charge >= 0.3 is 54.3 Å². The number of imidazole rings is 2. The number of benzene rings is 2. The van der Waals surface area contributed by atoms with E-state index in [1.807, 2.05) is 32.4 Å². The number of hydrogen-bond acceptors (Lipinski definition) is 6. The van der Waals surface area contributed by atoms with Crippen LogP contribution in [-0.2, 0) is 30.2 Å². The van der Waals surface area contributed by atoms with Crippen molar-refractivity contribution in [3.63, 3.8) is 0 Å². The van der Waals surface area contributed by atoms with E-state index in [2.05, 4.69) is 27.7 Å². The molecule has 1 atom stereocenters. The van der Waals surface area contributed by atoms with Gasteiger partial charge < -0.3 is 34.5 Å². The van der Waals surface area contributed by atoms with E-state index < -0.39 is 46.2 Å². The summed E-state index contributed by atoms with van der Waals surface area (Å²) >= 11 is 0. The van der Waals surface area contributed by atoms with Crippen molar-refractivity contribution in [2.45, 2.75) is 81.9 Å². The Morgan fingerprint density at radius 3 is 1.63 bits per heavy atom. The number of rotatable bonds is 6. The van der Waals surface area contributed by atoms with E-state index in [-0.39, 0.29) is 111 Å². The third kappa shape index (κ3) is 16.5. The molecule has 0 spiro atoms. The first-order valence-corrected chi connectivity index (χ1v) is 16.3. The second-order valence-electron chi connectivity index (χ2n) is 12.4. The molecule has 1 unspecified atom stereocenters. The van der Waals surface area contributed by atoms with E-state index in [1.54, 1.807) is 0 Å². The smallest absolute Gasteiger partial charge is 1.00 e. The minimum atomic E-state index is -4.46. The quantitative estimate of drug-likeness (QED) is 0.137. The second kappa shape index (κ2) is 24.3. The summed E-state index contributed by atoms with van der Waals surface area (Å²) in [5, 5.41) is 28.4. The summed E-state index contributed by atoms with van der Waals surface area (Å²) in [7, 11) is 0. The molecule has 59 heavy (non-hydrogen) atoms. The maximum absolute atomic E-state index is 14.7. The molecule has 306 valence electrons. The first-order chi connectivity index (χ1) is 25.8. The van der Waals surface area contributed by atoms with E-state index in [0.717, 1.165) is 36.4 Å². The summed E-state index contributed by atoms with van der Waals surface area (Å²) in [5.41, 5.74) is -6.05. The Bertz CT molecular complexity index is 2130. The van der Waals surface area contributed by atoms with Crippen molar-refractivity contribution in [2.24, 2.45) is 0 Å². The number of nitriles is 2. The maximum atomic E-state index is 14.7. The Morgan fingerprint density at radius 1 is 0.847 bits per heavy atom. The molecule has 0 aliphatic heterocycles. The number of Topliss-reactive ketones (excluding diaryl/α,β-unsaturated/α-hetero) is 1. The predicted molar refractivity (Wildman–Crippen MR) is 197 cm³/mol. The van der Waals surface area contributed by atoms with Crippen LogP contribution in [0.3, 0.4) is 0 Å². The summed E-state index contributed by atoms with van der Waals surface area (Å²) in [5.74, 6) is 6.76. The molecule has 0 bridgehead atoms. The Hall–Kier alpha value is -4.03. The summed E-state index contributed by atoms with van der Waals surface area (Å²) < 4.78 is 104. The van der Waals surface area contributed by atoms with Crippen LogP contribution in [0.1, 0.15) is 74.6 Å². The molecule has 4 aromatic rings. The first kappa shape index (κ1) is 57.1. The number of nitrogens with zero attached hydrogens (tertiary/aromatic N) is 6. The molecule has 2 aliphatic carbocycles. The van der Waals surface area contributed by atoms with Crippen molar-refractivity contribution < 1.29 is 77.7 Å². The molecule has 2 heterocycles. The Morgan fingerprint density at radius 2 is 1.25 bits per heavy atom. The SMILES string of the molecule is C#Cc1ccc(C(F)(F)F)cc1.C[CH-]C.Cl.N#Cc1cncn1CC(=O)C1(F)CC1.N#Cc1cncn1CC(O)(C#Cc1ccc(C(F)(F)F)cc1)C1(F)CC1.[Cl-].[H-].[Li+].[Mg+2]. The van der Waals surface area contributed by atoms with Crippen molar-refractivity contribution >= 4 is 41.2 Å². The van der Waals surface area contributed by atoms with Gasteiger partial charge in [0.2, 0.25) is 0 Å². The molecule has 2 saturated carbocycles. The Balaban J connectivity index is -0.000000818. The third-order valence-electron chi connectivity index (χ3n) is 7.99. The van der Waals surface area contributed by atoms with Crippen LogP contribution in [-0.4, -0.2) is 70.0 Å². The van der Waals surface area contributed by atoms with Crippen molar-refractivity contribution in [3.05, 3.63) is 114 Å². The van der Waals surface area contributed by atoms with Crippen LogP contribution in [0.5, 0.6) is 0 Å². The van der Waals surface area contributed by atoms with Crippen molar-refractivity contribution in [1.82, 2.24) is 19.1 Å². The van der Waals surface area contributed by atoms with Gasteiger partial charge in [-0.2, -0.15) is 50.7 Å². The fourth-order valence-electron chi connectivity index (χ4n) is 4.50. The molecule has 1 N–H and O–H groups in total. The molecule has 20 heteroatoms. The van der Waals surface area contributed by atoms with Gasteiger partial charge in [-0.3, -0.25) is 4.79 Å². The molecule has 6 rings (SSSR count). The number of ketones is 1. The van der Waals surface area contributed by atoms with Gasteiger partial charge in [0, 0.05) is 11.1 Å². The summed E-state index contributed by atoms with van der Waals surface area (Å²) in [6.07, 6.45) is 4.36. The number of alkyl halides is 8. The van der Waals surface area contributed by atoms with Crippen LogP contribution in [0.15, 0.2) is 73.6 Å². The van der Waals surface area contributed by atoms with Crippen LogP contribution in [0, 0.1) is 53.3 Å². The molecular formula is C39H35Cl2F8LiMgN6O2. The topological polar surface area (TPSA) is 121 Å². The van der Waals surface area contributed by atoms with Crippen LogP contribution in [0.4, 0.5) is 35.1 Å². The summed E-state index contributed by atoms with van der Waals surface area (Å²) in [6, 6.07) is 12.3. The average Bonchev–Trinajstić information content (AvgIpc) is 3.98. The third-order valence-corrected chi connectivity index (χ3v) is 7.99. The molecule has 8 nitrogen and oxygen atoms in total. The predicted octanol–water partition coefficient (Wildman–Crippen LogP) is 1.96. The van der Waals surface area contributed by atoms with E-state index in [0.29, 0.717) is 18.4 Å². The van der Waals surface area contributed by atoms with Gasteiger partial charge in [0.25, 0.3) is 0 Å². The zero-order chi connectivity index (χ0) is 41.1. The van der Waals surface area contributed by atoms with Gasteiger partial charge in [-0.25, -0.2) is 18.7 Å². The Kier molecular flexibility index (Phi) is 23.5. The molecule has 0 saturated heterocycles. The van der Waals surface area contributed by atoms with Gasteiger partial charge in [0.05, 0.1) is 49.3 Å². The van der Waals surface area contributed by atoms with Crippen LogP contribution < -0.4 is 31.3 Å². The molecular weight excluding hydrogens is 839 g/mol. The van der Waals surface area contributed by atoms with Crippen molar-refractivity contribution in [2.75, 3.05) is 0 Å². The van der Waals surface area contributed by atoms with E-state index in [4.69, 9.17) is 16.9 Å². The number of terminal acetylenes is 1. The number of carbonyl (C=O) groups excluding carboxylic acids is 1. The zero-order valence-electron chi connectivity index (χ0n) is 32.9. The molecule has 2 aromatic carbocycles. The van der Waals surface area contributed by atoms with E-state index in [1.165, 1.54) is 46.3 Å². The molecule has 2 aromatic heterocycles. The normalized spacial score (nSPS) is 14.4. The Labute approximate surface area is 378 Å². The largest absolute Gasteiger partial charge is 2.00 e. The number of carbonyl (C=O) groups is 1. The average molecular weight is 874 g/mol. The minimum Gasteiger partial charge on any atom is -1.00 e. The minimum absolute atomic E-state index is 0. The second-order valence-corrected chi connectivity index (χ2v) is 12.4. The van der Waals surface area contributed by atoms with Crippen LogP contribution in [0.25, 0.3) is 0 Å². The monoisotopic (exact) mass is 872 g/mol. The summed E-state index contributed by atoms with van der Waals surface area (Å²) in [4.78, 5) is 18.8. The fourth-order valence-corrected chi connectivity index (χ4v) is 4.50. The molecule has 0 amide bonds.